The van der Waals surface area contributed by atoms with Gasteiger partial charge in [-0.15, -0.1) is 0 Å². The van der Waals surface area contributed by atoms with Crippen LogP contribution in [0.2, 0.25) is 0 Å². The topological polar surface area (TPSA) is 53.9 Å². The third kappa shape index (κ3) is 3.05. The number of ether oxygens (including phenoxy) is 1. The van der Waals surface area contributed by atoms with Crippen molar-refractivity contribution in [1.82, 2.24) is 5.32 Å². The smallest absolute Gasteiger partial charge is 0.414 e. The van der Waals surface area contributed by atoms with Crippen LogP contribution in [0.15, 0.2) is 53.5 Å². The van der Waals surface area contributed by atoms with Gasteiger partial charge in [0, 0.05) is 5.69 Å². The van der Waals surface area contributed by atoms with Crippen LogP contribution in [0, 0.1) is 0 Å². The summed E-state index contributed by atoms with van der Waals surface area (Å²) >= 11 is 0. The molecule has 2 aromatic rings. The summed E-state index contributed by atoms with van der Waals surface area (Å²) in [5, 5.41) is 2.85. The summed E-state index contributed by atoms with van der Waals surface area (Å²) in [6, 6.07) is 16.9. The van der Waals surface area contributed by atoms with Gasteiger partial charge in [-0.25, -0.2) is 9.79 Å². The van der Waals surface area contributed by atoms with E-state index >= 15 is 0 Å². The third-order valence-corrected chi connectivity index (χ3v) is 4.61. The summed E-state index contributed by atoms with van der Waals surface area (Å²) < 4.78 is 5.41. The number of benzene rings is 2. The van der Waals surface area contributed by atoms with Gasteiger partial charge in [0.15, 0.2) is 0 Å². The monoisotopic (exact) mass is 349 g/mol. The molecule has 0 bridgehead atoms. The average Bonchev–Trinajstić information content (AvgIpc) is 2.91. The minimum absolute atomic E-state index is 0.0831. The Balaban J connectivity index is 1.71. The maximum absolute atomic E-state index is 12.3. The fraction of sp³-hybridized carbons (Fsp3) is 0.333. The predicted molar refractivity (Wildman–Crippen MR) is 103 cm³/mol. The molecule has 1 amide bonds. The van der Waals surface area contributed by atoms with Crippen LogP contribution in [0.1, 0.15) is 43.5 Å². The molecule has 0 fully saturated rings. The van der Waals surface area contributed by atoms with Gasteiger partial charge in [0.1, 0.15) is 5.60 Å². The molecule has 0 saturated heterocycles. The van der Waals surface area contributed by atoms with E-state index in [2.05, 4.69) is 57.7 Å². The lowest BCUT2D eigenvalue weighted by atomic mass is 9.97. The molecule has 4 rings (SSSR count). The highest BCUT2D eigenvalue weighted by Gasteiger charge is 2.36. The van der Waals surface area contributed by atoms with Crippen molar-refractivity contribution in [2.75, 3.05) is 11.4 Å². The van der Waals surface area contributed by atoms with Crippen molar-refractivity contribution in [2.45, 2.75) is 38.8 Å². The van der Waals surface area contributed by atoms with E-state index in [1.165, 1.54) is 16.7 Å². The van der Waals surface area contributed by atoms with Gasteiger partial charge in [0.2, 0.25) is 5.96 Å². The fourth-order valence-corrected chi connectivity index (χ4v) is 3.61. The second-order valence-corrected chi connectivity index (χ2v) is 7.68. The molecular weight excluding hydrogens is 326 g/mol. The van der Waals surface area contributed by atoms with Gasteiger partial charge in [-0.1, -0.05) is 42.5 Å². The van der Waals surface area contributed by atoms with E-state index in [1.807, 2.05) is 26.8 Å². The highest BCUT2D eigenvalue weighted by atomic mass is 16.6. The Bertz CT molecular complexity index is 883. The number of amides is 1. The Morgan fingerprint density at radius 2 is 1.81 bits per heavy atom. The number of guanidine groups is 1. The van der Waals surface area contributed by atoms with E-state index < -0.39 is 11.7 Å². The van der Waals surface area contributed by atoms with Crippen LogP contribution < -0.4 is 10.2 Å². The molecule has 1 unspecified atom stereocenters. The number of rotatable bonds is 0. The first-order valence-electron chi connectivity index (χ1n) is 8.92. The number of alkyl carbamates (subject to hydrolysis) is 1. The molecule has 2 aliphatic heterocycles. The summed E-state index contributed by atoms with van der Waals surface area (Å²) in [5.41, 5.74) is 4.32. The van der Waals surface area contributed by atoms with E-state index in [0.29, 0.717) is 12.5 Å². The van der Waals surface area contributed by atoms with E-state index in [9.17, 15) is 4.79 Å². The zero-order chi connectivity index (χ0) is 18.3. The van der Waals surface area contributed by atoms with Crippen molar-refractivity contribution >= 4 is 17.7 Å². The summed E-state index contributed by atoms with van der Waals surface area (Å²) in [6.45, 7) is 6.16. The van der Waals surface area contributed by atoms with E-state index in [0.717, 1.165) is 12.1 Å². The lowest BCUT2D eigenvalue weighted by molar-refractivity contribution is 0.0562. The Hall–Kier alpha value is -2.82. The van der Waals surface area contributed by atoms with E-state index in [1.54, 1.807) is 0 Å². The van der Waals surface area contributed by atoms with Crippen molar-refractivity contribution < 1.29 is 9.53 Å². The molecular formula is C21H23N3O2. The van der Waals surface area contributed by atoms with Gasteiger partial charge in [-0.3, -0.25) is 5.32 Å². The normalized spacial score (nSPS) is 18.2. The number of hydrogen-bond donors (Lipinski definition) is 1. The molecule has 0 spiro atoms. The van der Waals surface area contributed by atoms with Crippen molar-refractivity contribution in [2.24, 2.45) is 4.99 Å². The molecule has 0 aromatic heterocycles. The zero-order valence-corrected chi connectivity index (χ0v) is 15.3. The van der Waals surface area contributed by atoms with Crippen molar-refractivity contribution in [3.8, 4) is 0 Å². The first kappa shape index (κ1) is 16.6. The molecule has 0 radical (unpaired) electrons. The van der Waals surface area contributed by atoms with Crippen LogP contribution in [0.4, 0.5) is 10.5 Å². The standard InChI is InChI=1S/C21H23N3O2/c1-21(2,3)26-20(25)23-19-22-13-18-16-10-6-4-8-14(16)12-15-9-5-7-11-17(15)24(18)19/h4-11,18H,12-13H2,1-3H3,(H,22,23,25). The molecule has 5 nitrogen and oxygen atoms in total. The van der Waals surface area contributed by atoms with Gasteiger partial charge in [0.25, 0.3) is 0 Å². The van der Waals surface area contributed by atoms with Gasteiger partial charge in [0.05, 0.1) is 12.6 Å². The molecule has 134 valence electrons. The number of anilines is 1. The van der Waals surface area contributed by atoms with Crippen LogP contribution in [0.25, 0.3) is 0 Å². The summed E-state index contributed by atoms with van der Waals surface area (Å²) in [4.78, 5) is 19.0. The molecule has 1 N–H and O–H groups in total. The minimum atomic E-state index is -0.550. The number of carbonyl (C=O) groups is 1. The maximum atomic E-state index is 12.3. The molecule has 26 heavy (non-hydrogen) atoms. The van der Waals surface area contributed by atoms with Crippen LogP contribution in [0.5, 0.6) is 0 Å². The molecule has 0 saturated carbocycles. The first-order valence-corrected chi connectivity index (χ1v) is 8.92. The van der Waals surface area contributed by atoms with Crippen LogP contribution >= 0.6 is 0 Å². The van der Waals surface area contributed by atoms with Crippen molar-refractivity contribution in [3.05, 3.63) is 65.2 Å². The highest BCUT2D eigenvalue weighted by Crippen LogP contribution is 2.39. The summed E-state index contributed by atoms with van der Waals surface area (Å²) in [5.74, 6) is 0.549. The largest absolute Gasteiger partial charge is 0.444 e. The molecule has 1 atom stereocenters. The number of aliphatic imine (C=N–C) groups is 1. The fourth-order valence-electron chi connectivity index (χ4n) is 3.61. The zero-order valence-electron chi connectivity index (χ0n) is 15.3. The average molecular weight is 349 g/mol. The number of nitrogens with one attached hydrogen (secondary N) is 1. The Morgan fingerprint density at radius 3 is 2.58 bits per heavy atom. The van der Waals surface area contributed by atoms with Gasteiger partial charge in [-0.2, -0.15) is 0 Å². The quantitative estimate of drug-likeness (QED) is 0.781. The van der Waals surface area contributed by atoms with Crippen LogP contribution in [0.3, 0.4) is 0 Å². The predicted octanol–water partition coefficient (Wildman–Crippen LogP) is 4.03. The lowest BCUT2D eigenvalue weighted by Gasteiger charge is -2.29. The third-order valence-electron chi connectivity index (χ3n) is 4.61. The number of para-hydroxylation sites is 1. The van der Waals surface area contributed by atoms with E-state index in [-0.39, 0.29) is 6.04 Å². The van der Waals surface area contributed by atoms with E-state index in [4.69, 9.17) is 4.74 Å². The minimum Gasteiger partial charge on any atom is -0.444 e. The number of fused-ring (bicyclic) bond motifs is 5. The van der Waals surface area contributed by atoms with Gasteiger partial charge < -0.3 is 9.64 Å². The summed E-state index contributed by atoms with van der Waals surface area (Å²) in [7, 11) is 0. The first-order chi connectivity index (χ1) is 12.4. The lowest BCUT2D eigenvalue weighted by Crippen LogP contribution is -2.44. The number of hydrogen-bond acceptors (Lipinski definition) is 4. The molecule has 2 aliphatic rings. The van der Waals surface area contributed by atoms with Crippen LogP contribution in [-0.2, 0) is 11.2 Å². The second kappa shape index (κ2) is 6.16. The number of carbonyl (C=O) groups excluding carboxylic acids is 1. The van der Waals surface area contributed by atoms with Crippen LogP contribution in [-0.4, -0.2) is 24.2 Å². The van der Waals surface area contributed by atoms with Crippen molar-refractivity contribution in [1.29, 1.82) is 0 Å². The second-order valence-electron chi connectivity index (χ2n) is 7.68. The Labute approximate surface area is 153 Å². The SMILES string of the molecule is CC(C)(C)OC(=O)NC1=NCC2c3ccccc3Cc3ccccc3N12. The molecule has 2 aromatic carbocycles. The summed E-state index contributed by atoms with van der Waals surface area (Å²) in [6.07, 6.45) is 0.394. The molecule has 5 heteroatoms. The number of nitrogens with zero attached hydrogens (tertiary/aromatic N) is 2. The Kier molecular flexibility index (Phi) is 3.94. The molecule has 0 aliphatic carbocycles. The Morgan fingerprint density at radius 1 is 1.12 bits per heavy atom. The van der Waals surface area contributed by atoms with Gasteiger partial charge in [-0.05, 0) is 49.9 Å². The maximum Gasteiger partial charge on any atom is 0.414 e. The molecule has 2 heterocycles. The van der Waals surface area contributed by atoms with Crippen molar-refractivity contribution in [3.63, 3.8) is 0 Å². The highest BCUT2D eigenvalue weighted by molar-refractivity contribution is 6.06. The van der Waals surface area contributed by atoms with Gasteiger partial charge >= 0.3 is 6.09 Å².